The number of hydrogen-bond acceptors (Lipinski definition) is 3. The van der Waals surface area contributed by atoms with Crippen molar-refractivity contribution in [1.29, 1.82) is 0 Å². The first-order valence-electron chi connectivity index (χ1n) is 5.32. The van der Waals surface area contributed by atoms with Crippen molar-refractivity contribution < 1.29 is 13.2 Å². The van der Waals surface area contributed by atoms with E-state index in [4.69, 9.17) is 17.3 Å². The molecule has 0 radical (unpaired) electrons. The molecule has 1 aromatic heterocycles. The van der Waals surface area contributed by atoms with Crippen LogP contribution in [0.2, 0.25) is 5.02 Å². The van der Waals surface area contributed by atoms with Gasteiger partial charge in [-0.25, -0.2) is 4.98 Å². The Morgan fingerprint density at radius 1 is 1.20 bits per heavy atom. The van der Waals surface area contributed by atoms with E-state index in [1.807, 2.05) is 0 Å². The van der Waals surface area contributed by atoms with E-state index < -0.39 is 11.9 Å². The topological polar surface area (TPSA) is 50.9 Å². The predicted molar refractivity (Wildman–Crippen MR) is 76.1 cm³/mol. The summed E-state index contributed by atoms with van der Waals surface area (Å²) in [5.74, 6) is 0. The molecule has 3 N–H and O–H groups in total. The van der Waals surface area contributed by atoms with Gasteiger partial charge < -0.3 is 11.1 Å². The predicted octanol–water partition coefficient (Wildman–Crippen LogP) is 4.84. The number of nitrogen functional groups attached to an aromatic ring is 1. The third kappa shape index (κ3) is 3.34. The number of nitrogens with one attached hydrogen (secondary N) is 1. The molecule has 2 aromatic rings. The molecule has 2 rings (SSSR count). The fourth-order valence-electron chi connectivity index (χ4n) is 1.47. The highest BCUT2D eigenvalue weighted by molar-refractivity contribution is 9.10. The van der Waals surface area contributed by atoms with Gasteiger partial charge in [0.15, 0.2) is 0 Å². The van der Waals surface area contributed by atoms with Crippen LogP contribution in [0.5, 0.6) is 0 Å². The van der Waals surface area contributed by atoms with Crippen LogP contribution >= 0.6 is 27.5 Å². The first-order chi connectivity index (χ1) is 9.27. The molecule has 1 heterocycles. The van der Waals surface area contributed by atoms with Crippen LogP contribution < -0.4 is 11.1 Å². The molecule has 0 fully saturated rings. The molecular weight excluding hydrogens is 359 g/mol. The maximum Gasteiger partial charge on any atom is 0.433 e. The van der Waals surface area contributed by atoms with Crippen LogP contribution in [0.4, 0.5) is 30.2 Å². The minimum absolute atomic E-state index is 0.102. The summed E-state index contributed by atoms with van der Waals surface area (Å²) in [5.41, 5.74) is 5.32. The second kappa shape index (κ2) is 5.49. The molecule has 0 saturated carbocycles. The van der Waals surface area contributed by atoms with E-state index in [0.29, 0.717) is 15.2 Å². The van der Waals surface area contributed by atoms with Crippen molar-refractivity contribution in [3.63, 3.8) is 0 Å². The van der Waals surface area contributed by atoms with E-state index in [0.717, 1.165) is 12.3 Å². The van der Waals surface area contributed by atoms with Crippen LogP contribution in [0.1, 0.15) is 5.69 Å². The van der Waals surface area contributed by atoms with Crippen LogP contribution in [-0.2, 0) is 6.18 Å². The summed E-state index contributed by atoms with van der Waals surface area (Å²) in [4.78, 5) is 3.26. The minimum Gasteiger partial charge on any atom is -0.396 e. The van der Waals surface area contributed by atoms with E-state index in [1.54, 1.807) is 18.2 Å². The quantitative estimate of drug-likeness (QED) is 0.799. The largest absolute Gasteiger partial charge is 0.433 e. The molecular formula is C12H8BrClF3N3. The van der Waals surface area contributed by atoms with Crippen molar-refractivity contribution in [2.75, 3.05) is 11.1 Å². The molecule has 0 atom stereocenters. The molecule has 0 amide bonds. The summed E-state index contributed by atoms with van der Waals surface area (Å²) in [5, 5.41) is 3.24. The molecule has 0 aliphatic carbocycles. The maximum atomic E-state index is 12.6. The third-order valence-corrected chi connectivity index (χ3v) is 3.35. The molecule has 0 bridgehead atoms. The zero-order chi connectivity index (χ0) is 14.9. The number of halogens is 5. The van der Waals surface area contributed by atoms with Gasteiger partial charge >= 0.3 is 6.18 Å². The Kier molecular flexibility index (Phi) is 4.10. The Bertz CT molecular complexity index is 646. The number of alkyl halides is 3. The normalized spacial score (nSPS) is 11.4. The Morgan fingerprint density at radius 3 is 2.55 bits per heavy atom. The number of anilines is 3. The standard InChI is InChI=1S/C12H8BrClF3N3/c13-7-2-1-6(14)3-9(7)20-10-4-11(12(15,16)17)19-5-8(10)18/h1-5H,18H2,(H,19,20). The van der Waals surface area contributed by atoms with E-state index in [2.05, 4.69) is 26.2 Å². The molecule has 0 saturated heterocycles. The molecule has 3 nitrogen and oxygen atoms in total. The summed E-state index contributed by atoms with van der Waals surface area (Å²) in [6.45, 7) is 0. The van der Waals surface area contributed by atoms with E-state index >= 15 is 0 Å². The first-order valence-corrected chi connectivity index (χ1v) is 6.49. The zero-order valence-corrected chi connectivity index (χ0v) is 12.1. The fourth-order valence-corrected chi connectivity index (χ4v) is 1.99. The van der Waals surface area contributed by atoms with Crippen LogP contribution in [0.25, 0.3) is 0 Å². The second-order valence-corrected chi connectivity index (χ2v) is 5.19. The average molecular weight is 367 g/mol. The summed E-state index contributed by atoms with van der Waals surface area (Å²) in [6.07, 6.45) is -3.57. The minimum atomic E-state index is -4.53. The molecule has 1 aromatic carbocycles. The highest BCUT2D eigenvalue weighted by atomic mass is 79.9. The zero-order valence-electron chi connectivity index (χ0n) is 9.80. The number of benzene rings is 1. The third-order valence-electron chi connectivity index (χ3n) is 2.42. The summed E-state index contributed by atoms with van der Waals surface area (Å²) in [6, 6.07) is 5.74. The molecule has 0 aliphatic rings. The van der Waals surface area contributed by atoms with E-state index in [1.165, 1.54) is 0 Å². The number of aromatic nitrogens is 1. The van der Waals surface area contributed by atoms with Gasteiger partial charge in [0.2, 0.25) is 0 Å². The molecule has 20 heavy (non-hydrogen) atoms. The average Bonchev–Trinajstić information content (AvgIpc) is 2.35. The summed E-state index contributed by atoms with van der Waals surface area (Å²) < 4.78 is 38.5. The maximum absolute atomic E-state index is 12.6. The van der Waals surface area contributed by atoms with Crippen LogP contribution in [-0.4, -0.2) is 4.98 Å². The molecule has 8 heteroatoms. The van der Waals surface area contributed by atoms with Crippen molar-refractivity contribution in [1.82, 2.24) is 4.98 Å². The first kappa shape index (κ1) is 14.9. The fraction of sp³-hybridized carbons (Fsp3) is 0.0833. The van der Waals surface area contributed by atoms with Gasteiger partial charge in [0, 0.05) is 9.50 Å². The molecule has 0 unspecified atom stereocenters. The van der Waals surface area contributed by atoms with Crippen molar-refractivity contribution in [3.8, 4) is 0 Å². The number of nitrogens with zero attached hydrogens (tertiary/aromatic N) is 1. The number of hydrogen-bond donors (Lipinski definition) is 2. The molecule has 0 aliphatic heterocycles. The smallest absolute Gasteiger partial charge is 0.396 e. The van der Waals surface area contributed by atoms with Gasteiger partial charge in [0.1, 0.15) is 5.69 Å². The van der Waals surface area contributed by atoms with Gasteiger partial charge in [-0.15, -0.1) is 0 Å². The van der Waals surface area contributed by atoms with Gasteiger partial charge in [-0.05, 0) is 40.2 Å². The molecule has 106 valence electrons. The second-order valence-electron chi connectivity index (χ2n) is 3.90. The Hall–Kier alpha value is -1.47. The van der Waals surface area contributed by atoms with Gasteiger partial charge in [0.05, 0.1) is 23.3 Å². The van der Waals surface area contributed by atoms with Gasteiger partial charge in [-0.3, -0.25) is 0 Å². The Balaban J connectivity index is 2.40. The lowest BCUT2D eigenvalue weighted by Crippen LogP contribution is -2.09. The van der Waals surface area contributed by atoms with Crippen molar-refractivity contribution in [3.05, 3.63) is 45.7 Å². The number of nitrogens with two attached hydrogens (primary N) is 1. The van der Waals surface area contributed by atoms with Crippen LogP contribution in [0.3, 0.4) is 0 Å². The van der Waals surface area contributed by atoms with Gasteiger partial charge in [-0.2, -0.15) is 13.2 Å². The lowest BCUT2D eigenvalue weighted by Gasteiger charge is -2.13. The summed E-state index contributed by atoms with van der Waals surface area (Å²) in [7, 11) is 0. The molecule has 0 spiro atoms. The lowest BCUT2D eigenvalue weighted by atomic mass is 10.2. The van der Waals surface area contributed by atoms with E-state index in [9.17, 15) is 13.2 Å². The van der Waals surface area contributed by atoms with Crippen LogP contribution in [0, 0.1) is 0 Å². The highest BCUT2D eigenvalue weighted by Gasteiger charge is 2.33. The lowest BCUT2D eigenvalue weighted by molar-refractivity contribution is -0.141. The van der Waals surface area contributed by atoms with Crippen molar-refractivity contribution in [2.45, 2.75) is 6.18 Å². The number of rotatable bonds is 2. The van der Waals surface area contributed by atoms with Gasteiger partial charge in [0.25, 0.3) is 0 Å². The van der Waals surface area contributed by atoms with Gasteiger partial charge in [-0.1, -0.05) is 11.6 Å². The van der Waals surface area contributed by atoms with Crippen molar-refractivity contribution >= 4 is 44.6 Å². The number of pyridine rings is 1. The highest BCUT2D eigenvalue weighted by Crippen LogP contribution is 2.34. The van der Waals surface area contributed by atoms with E-state index in [-0.39, 0.29) is 11.4 Å². The Labute approximate surface area is 126 Å². The monoisotopic (exact) mass is 365 g/mol. The Morgan fingerprint density at radius 2 is 1.90 bits per heavy atom. The van der Waals surface area contributed by atoms with Crippen molar-refractivity contribution in [2.24, 2.45) is 0 Å². The SMILES string of the molecule is Nc1cnc(C(F)(F)F)cc1Nc1cc(Cl)ccc1Br. The van der Waals surface area contributed by atoms with Crippen LogP contribution in [0.15, 0.2) is 34.9 Å². The summed E-state index contributed by atoms with van der Waals surface area (Å²) >= 11 is 9.11.